The lowest BCUT2D eigenvalue weighted by atomic mass is 10.1. The zero-order valence-corrected chi connectivity index (χ0v) is 20.5. The maximum absolute atomic E-state index is 13.6. The Bertz CT molecular complexity index is 1450. The Labute approximate surface area is 207 Å². The van der Waals surface area contributed by atoms with Gasteiger partial charge in [-0.15, -0.1) is 0 Å². The van der Waals surface area contributed by atoms with Crippen LogP contribution in [0.3, 0.4) is 0 Å². The number of rotatable bonds is 4. The van der Waals surface area contributed by atoms with Gasteiger partial charge in [0.2, 0.25) is 15.9 Å². The summed E-state index contributed by atoms with van der Waals surface area (Å²) < 4.78 is 50.0. The number of hydrogen-bond acceptors (Lipinski definition) is 5. The number of aromatic nitrogens is 1. The van der Waals surface area contributed by atoms with Crippen molar-refractivity contribution >= 4 is 27.5 Å². The largest absolute Gasteiger partial charge is 0.489 e. The number of nitrogens with zero attached hydrogens (tertiary/aromatic N) is 2. The number of amides is 2. The highest BCUT2D eigenvalue weighted by Gasteiger charge is 2.46. The molecule has 1 saturated heterocycles. The lowest BCUT2D eigenvalue weighted by Gasteiger charge is -2.22. The van der Waals surface area contributed by atoms with Crippen LogP contribution in [0.4, 0.5) is 10.1 Å². The summed E-state index contributed by atoms with van der Waals surface area (Å²) in [7, 11) is -2.65. The number of carbonyl (C=O) groups excluding carboxylic acids is 2. The molecule has 2 unspecified atom stereocenters. The molecule has 0 spiro atoms. The number of nitrogens with one attached hydrogen (secondary N) is 2. The quantitative estimate of drug-likeness (QED) is 0.558. The summed E-state index contributed by atoms with van der Waals surface area (Å²) in [5, 5.41) is 2.67. The molecule has 11 heteroatoms. The van der Waals surface area contributed by atoms with E-state index in [1.54, 1.807) is 11.8 Å². The predicted molar refractivity (Wildman–Crippen MR) is 129 cm³/mol. The van der Waals surface area contributed by atoms with Crippen LogP contribution in [0.5, 0.6) is 5.75 Å². The number of sulfonamides is 1. The molecular weight excluding hydrogens is 487 g/mol. The molecule has 2 amide bonds. The molecule has 9 nitrogen and oxygen atoms in total. The molecule has 3 aromatic rings. The molecule has 36 heavy (non-hydrogen) atoms. The van der Waals surface area contributed by atoms with Crippen molar-refractivity contribution < 1.29 is 27.1 Å². The van der Waals surface area contributed by atoms with Crippen LogP contribution in [0.25, 0.3) is 0 Å². The Morgan fingerprint density at radius 1 is 1.22 bits per heavy atom. The van der Waals surface area contributed by atoms with E-state index < -0.39 is 33.7 Å². The van der Waals surface area contributed by atoms with Gasteiger partial charge >= 0.3 is 0 Å². The number of ether oxygens (including phenoxy) is 1. The summed E-state index contributed by atoms with van der Waals surface area (Å²) in [6.45, 7) is 2.27. The van der Waals surface area contributed by atoms with Gasteiger partial charge in [-0.3, -0.25) is 9.59 Å². The molecule has 1 fully saturated rings. The van der Waals surface area contributed by atoms with Gasteiger partial charge in [0.05, 0.1) is 6.61 Å². The SMILES string of the molecule is Cc1cc(NC(=O)c2c3c(cn2C)S(=O)(=O)NC2C(=O)N(Cc4ccccc4)CC2CO3)ccc1F. The summed E-state index contributed by atoms with van der Waals surface area (Å²) >= 11 is 0. The zero-order chi connectivity index (χ0) is 25.6. The average molecular weight is 513 g/mol. The fraction of sp³-hybridized carbons (Fsp3) is 0.280. The number of hydrogen-bond donors (Lipinski definition) is 2. The standard InChI is InChI=1S/C25H25FN4O5S/c1-15-10-18(8-9-19(15)26)27-24(31)22-23-20(13-29(22)2)36(33,34)28-21-17(14-35-23)12-30(25(21)32)11-16-6-4-3-5-7-16/h3-10,13,17,21,28H,11-12,14H2,1-2H3,(H,27,31). The highest BCUT2D eigenvalue weighted by molar-refractivity contribution is 7.89. The number of fused-ring (bicyclic) bond motifs is 2. The van der Waals surface area contributed by atoms with Gasteiger partial charge in [0.1, 0.15) is 16.8 Å². The highest BCUT2D eigenvalue weighted by atomic mass is 32.2. The van der Waals surface area contributed by atoms with Gasteiger partial charge in [-0.25, -0.2) is 12.8 Å². The van der Waals surface area contributed by atoms with Crippen LogP contribution in [0.1, 0.15) is 21.6 Å². The van der Waals surface area contributed by atoms with Crippen molar-refractivity contribution in [1.82, 2.24) is 14.2 Å². The van der Waals surface area contributed by atoms with Crippen LogP contribution >= 0.6 is 0 Å². The zero-order valence-electron chi connectivity index (χ0n) is 19.7. The molecule has 0 bridgehead atoms. The molecule has 1 aromatic heterocycles. The second kappa shape index (κ2) is 9.07. The first kappa shape index (κ1) is 24.0. The molecule has 0 radical (unpaired) electrons. The predicted octanol–water partition coefficient (Wildman–Crippen LogP) is 2.42. The molecular formula is C25H25FN4O5S. The summed E-state index contributed by atoms with van der Waals surface area (Å²) in [5.41, 5.74) is 1.65. The van der Waals surface area contributed by atoms with E-state index in [9.17, 15) is 22.4 Å². The van der Waals surface area contributed by atoms with Crippen LogP contribution in [0.2, 0.25) is 0 Å². The fourth-order valence-electron chi connectivity index (χ4n) is 4.62. The summed E-state index contributed by atoms with van der Waals surface area (Å²) in [6.07, 6.45) is 1.28. The molecule has 2 N–H and O–H groups in total. The third-order valence-corrected chi connectivity index (χ3v) is 7.90. The first-order valence-electron chi connectivity index (χ1n) is 11.4. The van der Waals surface area contributed by atoms with E-state index in [4.69, 9.17) is 4.74 Å². The van der Waals surface area contributed by atoms with Crippen molar-refractivity contribution in [3.05, 3.63) is 77.4 Å². The van der Waals surface area contributed by atoms with E-state index in [0.29, 0.717) is 24.3 Å². The van der Waals surface area contributed by atoms with Crippen molar-refractivity contribution in [3.63, 3.8) is 0 Å². The minimum Gasteiger partial charge on any atom is -0.489 e. The molecule has 0 aliphatic carbocycles. The van der Waals surface area contributed by atoms with Crippen molar-refractivity contribution in [1.29, 1.82) is 0 Å². The van der Waals surface area contributed by atoms with E-state index in [0.717, 1.165) is 5.56 Å². The molecule has 0 saturated carbocycles. The van der Waals surface area contributed by atoms with Gasteiger partial charge in [-0.2, -0.15) is 4.72 Å². The lowest BCUT2D eigenvalue weighted by Crippen LogP contribution is -2.46. The lowest BCUT2D eigenvalue weighted by molar-refractivity contribution is -0.129. The van der Waals surface area contributed by atoms with Crippen molar-refractivity contribution in [2.75, 3.05) is 18.5 Å². The van der Waals surface area contributed by atoms with Gasteiger partial charge in [0, 0.05) is 37.9 Å². The minimum absolute atomic E-state index is 0.00117. The van der Waals surface area contributed by atoms with Gasteiger partial charge < -0.3 is 19.5 Å². The normalized spacial score (nSPS) is 20.6. The fourth-order valence-corrected chi connectivity index (χ4v) is 6.07. The first-order chi connectivity index (χ1) is 17.1. The summed E-state index contributed by atoms with van der Waals surface area (Å²) in [4.78, 5) is 27.6. The van der Waals surface area contributed by atoms with Crippen LogP contribution < -0.4 is 14.8 Å². The van der Waals surface area contributed by atoms with Crippen LogP contribution in [-0.4, -0.2) is 48.9 Å². The third-order valence-electron chi connectivity index (χ3n) is 6.47. The van der Waals surface area contributed by atoms with Gasteiger partial charge in [0.15, 0.2) is 11.4 Å². The number of halogens is 1. The first-order valence-corrected chi connectivity index (χ1v) is 12.9. The highest BCUT2D eigenvalue weighted by Crippen LogP contribution is 2.35. The summed E-state index contributed by atoms with van der Waals surface area (Å²) in [5.74, 6) is -1.86. The monoisotopic (exact) mass is 512 g/mol. The molecule has 2 aliphatic rings. The van der Waals surface area contributed by atoms with E-state index in [2.05, 4.69) is 10.0 Å². The topological polar surface area (TPSA) is 110 Å². The second-order valence-corrected chi connectivity index (χ2v) is 10.8. The van der Waals surface area contributed by atoms with Crippen molar-refractivity contribution in [3.8, 4) is 5.75 Å². The van der Waals surface area contributed by atoms with E-state index in [1.165, 1.54) is 36.0 Å². The Kier molecular flexibility index (Phi) is 6.05. The second-order valence-electron chi connectivity index (χ2n) is 9.07. The van der Waals surface area contributed by atoms with Crippen LogP contribution in [0, 0.1) is 18.7 Å². The Morgan fingerprint density at radius 2 is 1.97 bits per heavy atom. The van der Waals surface area contributed by atoms with E-state index in [1.807, 2.05) is 30.3 Å². The van der Waals surface area contributed by atoms with E-state index in [-0.39, 0.29) is 28.9 Å². The number of benzene rings is 2. The smallest absolute Gasteiger partial charge is 0.276 e. The molecule has 2 aromatic carbocycles. The van der Waals surface area contributed by atoms with Gasteiger partial charge in [-0.1, -0.05) is 30.3 Å². The third kappa shape index (κ3) is 4.35. The molecule has 5 rings (SSSR count). The Morgan fingerprint density at radius 3 is 2.69 bits per heavy atom. The van der Waals surface area contributed by atoms with Crippen LogP contribution in [-0.2, 0) is 28.4 Å². The molecule has 2 atom stereocenters. The van der Waals surface area contributed by atoms with Crippen molar-refractivity contribution in [2.24, 2.45) is 13.0 Å². The number of carbonyl (C=O) groups is 2. The maximum Gasteiger partial charge on any atom is 0.276 e. The number of anilines is 1. The Hall–Kier alpha value is -3.70. The van der Waals surface area contributed by atoms with Crippen LogP contribution in [0.15, 0.2) is 59.6 Å². The maximum atomic E-state index is 13.6. The van der Waals surface area contributed by atoms with Crippen molar-refractivity contribution in [2.45, 2.75) is 24.4 Å². The number of aryl methyl sites for hydroxylation is 2. The summed E-state index contributed by atoms with van der Waals surface area (Å²) in [6, 6.07) is 12.6. The van der Waals surface area contributed by atoms with Gasteiger partial charge in [0.25, 0.3) is 5.91 Å². The minimum atomic E-state index is -4.18. The van der Waals surface area contributed by atoms with E-state index >= 15 is 0 Å². The van der Waals surface area contributed by atoms with Gasteiger partial charge in [-0.05, 0) is 36.2 Å². The number of likely N-dealkylation sites (tertiary alicyclic amines) is 1. The molecule has 2 aliphatic heterocycles. The average Bonchev–Trinajstić information content (AvgIpc) is 3.31. The molecule has 188 valence electrons. The molecule has 3 heterocycles. The Balaban J connectivity index is 1.42.